The summed E-state index contributed by atoms with van der Waals surface area (Å²) in [7, 11) is 3.06. The number of hydrazine groups is 2. The number of hydrogen-bond donors (Lipinski definition) is 4. The average Bonchev–Trinajstić information content (AvgIpc) is 2.89. The third kappa shape index (κ3) is 10.4. The van der Waals surface area contributed by atoms with E-state index in [1.807, 2.05) is 0 Å². The van der Waals surface area contributed by atoms with E-state index >= 15 is 0 Å². The highest BCUT2D eigenvalue weighted by molar-refractivity contribution is 9.10. The number of carbonyl (C=O) groups is 4. The van der Waals surface area contributed by atoms with E-state index in [1.54, 1.807) is 36.4 Å². The van der Waals surface area contributed by atoms with Crippen molar-refractivity contribution in [2.45, 2.75) is 44.9 Å². The molecule has 0 unspecified atom stereocenters. The van der Waals surface area contributed by atoms with Crippen LogP contribution in [0.25, 0.3) is 0 Å². The molecule has 0 bridgehead atoms. The number of rotatable bonds is 12. The highest BCUT2D eigenvalue weighted by Crippen LogP contribution is 2.26. The minimum atomic E-state index is -0.428. The number of unbranched alkanes of at least 4 members (excludes halogenated alkanes) is 4. The summed E-state index contributed by atoms with van der Waals surface area (Å²) in [5.41, 5.74) is 10.4. The number of amides is 4. The van der Waals surface area contributed by atoms with E-state index in [1.165, 1.54) is 14.2 Å². The van der Waals surface area contributed by atoms with E-state index in [9.17, 15) is 19.2 Å². The van der Waals surface area contributed by atoms with Crippen molar-refractivity contribution in [1.82, 2.24) is 21.7 Å². The van der Waals surface area contributed by atoms with Crippen molar-refractivity contribution in [3.63, 3.8) is 0 Å². The lowest BCUT2D eigenvalue weighted by molar-refractivity contribution is -0.122. The maximum atomic E-state index is 12.1. The first kappa shape index (κ1) is 30.1. The molecule has 4 amide bonds. The molecular formula is C25H30Br2N4O6. The van der Waals surface area contributed by atoms with Gasteiger partial charge in [0.25, 0.3) is 11.8 Å². The summed E-state index contributed by atoms with van der Waals surface area (Å²) in [4.78, 5) is 48.2. The number of ether oxygens (including phenoxy) is 2. The van der Waals surface area contributed by atoms with Crippen LogP contribution in [0.4, 0.5) is 0 Å². The van der Waals surface area contributed by atoms with Crippen molar-refractivity contribution in [3.8, 4) is 11.5 Å². The second kappa shape index (κ2) is 15.9. The highest BCUT2D eigenvalue weighted by Gasteiger charge is 2.11. The predicted octanol–water partition coefficient (Wildman–Crippen LogP) is 4.18. The van der Waals surface area contributed by atoms with Crippen LogP contribution in [0.2, 0.25) is 0 Å². The second-order valence-corrected chi connectivity index (χ2v) is 9.68. The fourth-order valence-electron chi connectivity index (χ4n) is 3.24. The minimum absolute atomic E-state index is 0.278. The van der Waals surface area contributed by atoms with Crippen molar-refractivity contribution >= 4 is 55.5 Å². The normalized spacial score (nSPS) is 10.3. The van der Waals surface area contributed by atoms with Crippen LogP contribution in [0.1, 0.15) is 65.7 Å². The molecule has 4 N–H and O–H groups in total. The van der Waals surface area contributed by atoms with Gasteiger partial charge in [-0.15, -0.1) is 0 Å². The van der Waals surface area contributed by atoms with Gasteiger partial charge in [0, 0.05) is 24.0 Å². The highest BCUT2D eigenvalue weighted by atomic mass is 79.9. The Kier molecular flexibility index (Phi) is 12.9. The van der Waals surface area contributed by atoms with Crippen molar-refractivity contribution in [2.24, 2.45) is 0 Å². The van der Waals surface area contributed by atoms with Crippen molar-refractivity contribution in [2.75, 3.05) is 14.2 Å². The van der Waals surface area contributed by atoms with Gasteiger partial charge in [0.05, 0.1) is 23.2 Å². The zero-order valence-corrected chi connectivity index (χ0v) is 23.8. The molecule has 0 saturated carbocycles. The zero-order chi connectivity index (χ0) is 27.2. The third-order valence-electron chi connectivity index (χ3n) is 5.27. The van der Waals surface area contributed by atoms with Crippen LogP contribution in [0, 0.1) is 0 Å². The summed E-state index contributed by atoms with van der Waals surface area (Å²) in [6, 6.07) is 9.71. The zero-order valence-electron chi connectivity index (χ0n) is 20.6. The smallest absolute Gasteiger partial charge is 0.269 e. The maximum absolute atomic E-state index is 12.1. The molecular weight excluding hydrogens is 612 g/mol. The van der Waals surface area contributed by atoms with Gasteiger partial charge < -0.3 is 9.47 Å². The van der Waals surface area contributed by atoms with E-state index in [0.717, 1.165) is 19.3 Å². The largest absolute Gasteiger partial charge is 0.496 e. The Labute approximate surface area is 232 Å². The Morgan fingerprint density at radius 1 is 0.622 bits per heavy atom. The average molecular weight is 642 g/mol. The van der Waals surface area contributed by atoms with E-state index in [4.69, 9.17) is 9.47 Å². The lowest BCUT2D eigenvalue weighted by Crippen LogP contribution is -2.41. The van der Waals surface area contributed by atoms with E-state index < -0.39 is 11.8 Å². The first-order chi connectivity index (χ1) is 17.7. The van der Waals surface area contributed by atoms with Crippen LogP contribution in [-0.4, -0.2) is 37.8 Å². The SMILES string of the molecule is COc1ccc(C(=O)NNC(=O)CCCCCCCC(=O)NNC(=O)c2ccc(OC)c(Br)c2)cc1Br. The van der Waals surface area contributed by atoms with Gasteiger partial charge in [0.2, 0.25) is 11.8 Å². The molecule has 2 aromatic rings. The van der Waals surface area contributed by atoms with Gasteiger partial charge in [-0.1, -0.05) is 19.3 Å². The molecule has 0 aliphatic rings. The summed E-state index contributed by atoms with van der Waals surface area (Å²) in [6.45, 7) is 0. The topological polar surface area (TPSA) is 135 Å². The number of benzene rings is 2. The van der Waals surface area contributed by atoms with Crippen molar-refractivity contribution in [1.29, 1.82) is 0 Å². The van der Waals surface area contributed by atoms with Gasteiger partial charge in [-0.3, -0.25) is 40.9 Å². The second-order valence-electron chi connectivity index (χ2n) is 7.97. The Morgan fingerprint density at radius 2 is 1.00 bits per heavy atom. The molecule has 12 heteroatoms. The van der Waals surface area contributed by atoms with Crippen LogP contribution in [0.3, 0.4) is 0 Å². The summed E-state index contributed by atoms with van der Waals surface area (Å²) in [5, 5.41) is 0. The summed E-state index contributed by atoms with van der Waals surface area (Å²) < 4.78 is 11.5. The summed E-state index contributed by atoms with van der Waals surface area (Å²) >= 11 is 6.63. The van der Waals surface area contributed by atoms with Gasteiger partial charge in [-0.2, -0.15) is 0 Å². The molecule has 2 aromatic carbocycles. The summed E-state index contributed by atoms with van der Waals surface area (Å²) in [6.07, 6.45) is 4.38. The van der Waals surface area contributed by atoms with Crippen LogP contribution in [0.5, 0.6) is 11.5 Å². The Hall–Kier alpha value is -3.12. The van der Waals surface area contributed by atoms with Crippen molar-refractivity contribution in [3.05, 3.63) is 56.5 Å². The first-order valence-corrected chi connectivity index (χ1v) is 13.2. The number of methoxy groups -OCH3 is 2. The van der Waals surface area contributed by atoms with Gasteiger partial charge >= 0.3 is 0 Å². The molecule has 0 saturated heterocycles. The molecule has 0 aliphatic carbocycles. The maximum Gasteiger partial charge on any atom is 0.269 e. The van der Waals surface area contributed by atoms with Crippen LogP contribution >= 0.6 is 31.9 Å². The van der Waals surface area contributed by atoms with E-state index in [0.29, 0.717) is 44.4 Å². The number of nitrogens with one attached hydrogen (secondary N) is 4. The third-order valence-corrected chi connectivity index (χ3v) is 6.51. The molecule has 0 aromatic heterocycles. The fourth-order valence-corrected chi connectivity index (χ4v) is 4.32. The minimum Gasteiger partial charge on any atom is -0.496 e. The molecule has 10 nitrogen and oxygen atoms in total. The molecule has 0 radical (unpaired) electrons. The van der Waals surface area contributed by atoms with Gasteiger partial charge in [0.15, 0.2) is 0 Å². The first-order valence-electron chi connectivity index (χ1n) is 11.6. The molecule has 0 aliphatic heterocycles. The molecule has 0 fully saturated rings. The molecule has 0 heterocycles. The molecule has 37 heavy (non-hydrogen) atoms. The number of carbonyl (C=O) groups excluding carboxylic acids is 4. The van der Waals surface area contributed by atoms with Gasteiger partial charge in [0.1, 0.15) is 11.5 Å². The van der Waals surface area contributed by atoms with Crippen molar-refractivity contribution < 1.29 is 28.7 Å². The van der Waals surface area contributed by atoms with Crippen LogP contribution in [-0.2, 0) is 9.59 Å². The van der Waals surface area contributed by atoms with Gasteiger partial charge in [-0.25, -0.2) is 0 Å². The lowest BCUT2D eigenvalue weighted by atomic mass is 10.1. The molecule has 0 spiro atoms. The quantitative estimate of drug-likeness (QED) is 0.203. The molecule has 0 atom stereocenters. The lowest BCUT2D eigenvalue weighted by Gasteiger charge is -2.09. The predicted molar refractivity (Wildman–Crippen MR) is 145 cm³/mol. The van der Waals surface area contributed by atoms with E-state index in [2.05, 4.69) is 53.6 Å². The van der Waals surface area contributed by atoms with E-state index in [-0.39, 0.29) is 24.7 Å². The Morgan fingerprint density at radius 3 is 1.35 bits per heavy atom. The fraction of sp³-hybridized carbons (Fsp3) is 0.360. The van der Waals surface area contributed by atoms with Gasteiger partial charge in [-0.05, 0) is 81.1 Å². The van der Waals surface area contributed by atoms with Crippen LogP contribution < -0.4 is 31.2 Å². The number of halogens is 2. The summed E-state index contributed by atoms with van der Waals surface area (Å²) in [5.74, 6) is -0.205. The number of hydrogen-bond acceptors (Lipinski definition) is 6. The molecule has 200 valence electrons. The molecule has 2 rings (SSSR count). The van der Waals surface area contributed by atoms with Crippen LogP contribution in [0.15, 0.2) is 45.3 Å². The Bertz CT molecular complexity index is 1030. The monoisotopic (exact) mass is 640 g/mol. The Balaban J connectivity index is 1.52. The standard InChI is InChI=1S/C25H30Br2N4O6/c1-36-20-12-10-16(14-18(20)26)24(34)30-28-22(32)8-6-4-3-5-7-9-23(33)29-31-25(35)17-11-13-21(37-2)19(27)15-17/h10-15H,3-9H2,1-2H3,(H,28,32)(H,29,33)(H,30,34)(H,31,35).